The number of halogens is 1. The van der Waals surface area contributed by atoms with Crippen LogP contribution in [0, 0.1) is 12.8 Å². The highest BCUT2D eigenvalue weighted by Crippen LogP contribution is 2.32. The van der Waals surface area contributed by atoms with Crippen LogP contribution in [0.4, 0.5) is 0 Å². The molecule has 0 radical (unpaired) electrons. The van der Waals surface area contributed by atoms with Gasteiger partial charge in [0.2, 0.25) is 0 Å². The Morgan fingerprint density at radius 1 is 1.14 bits per heavy atom. The Hall–Kier alpha value is -0.960. The molecule has 0 unspecified atom stereocenters. The molecule has 2 aromatic carbocycles. The second-order valence-corrected chi connectivity index (χ2v) is 7.17. The van der Waals surface area contributed by atoms with Gasteiger partial charge < -0.3 is 5.32 Å². The molecule has 2 aromatic rings. The van der Waals surface area contributed by atoms with Crippen molar-refractivity contribution in [1.29, 1.82) is 0 Å². The lowest BCUT2D eigenvalue weighted by molar-refractivity contribution is 0.552. The summed E-state index contributed by atoms with van der Waals surface area (Å²) in [5.41, 5.74) is 2.45. The molecule has 112 valence electrons. The molecule has 0 saturated carbocycles. The second kappa shape index (κ2) is 7.88. The monoisotopic (exact) mass is 319 g/mol. The summed E-state index contributed by atoms with van der Waals surface area (Å²) in [6.45, 7) is 8.38. The number of hydrogen-bond donors (Lipinski definition) is 1. The van der Waals surface area contributed by atoms with E-state index in [0.29, 0.717) is 5.92 Å². The van der Waals surface area contributed by atoms with Crippen LogP contribution in [0.25, 0.3) is 0 Å². The molecule has 0 saturated heterocycles. The molecular weight excluding hydrogens is 298 g/mol. The number of nitrogens with one attached hydrogen (secondary N) is 1. The summed E-state index contributed by atoms with van der Waals surface area (Å²) in [6.07, 6.45) is 0. The van der Waals surface area contributed by atoms with E-state index in [0.717, 1.165) is 23.7 Å². The summed E-state index contributed by atoms with van der Waals surface area (Å²) >= 11 is 8.16. The van der Waals surface area contributed by atoms with Gasteiger partial charge in [0.1, 0.15) is 0 Å². The lowest BCUT2D eigenvalue weighted by Gasteiger charge is -2.11. The minimum absolute atomic E-state index is 0.652. The summed E-state index contributed by atoms with van der Waals surface area (Å²) < 4.78 is 0. The van der Waals surface area contributed by atoms with Crippen LogP contribution in [-0.4, -0.2) is 6.54 Å². The van der Waals surface area contributed by atoms with E-state index in [1.54, 1.807) is 11.8 Å². The number of benzene rings is 2. The van der Waals surface area contributed by atoms with Gasteiger partial charge in [0, 0.05) is 21.4 Å². The predicted octanol–water partition coefficient (Wildman–Crippen LogP) is 5.55. The second-order valence-electron chi connectivity index (χ2n) is 5.65. The first-order chi connectivity index (χ1) is 10.1. The molecule has 3 heteroatoms. The standard InChI is InChI=1S/C18H22ClNS/c1-13(2)11-20-12-15-8-9-16(10-17(15)19)21-18-7-5-4-6-14(18)3/h4-10,13,20H,11-12H2,1-3H3. The molecule has 0 heterocycles. The van der Waals surface area contributed by atoms with Crippen LogP contribution in [0.5, 0.6) is 0 Å². The van der Waals surface area contributed by atoms with Gasteiger partial charge in [-0.3, -0.25) is 0 Å². The molecule has 0 aromatic heterocycles. The van der Waals surface area contributed by atoms with Gasteiger partial charge in [0.05, 0.1) is 0 Å². The predicted molar refractivity (Wildman–Crippen MR) is 93.3 cm³/mol. The van der Waals surface area contributed by atoms with Crippen LogP contribution in [0.2, 0.25) is 5.02 Å². The lowest BCUT2D eigenvalue weighted by atomic mass is 10.2. The molecule has 21 heavy (non-hydrogen) atoms. The molecule has 2 rings (SSSR count). The zero-order valence-electron chi connectivity index (χ0n) is 12.8. The van der Waals surface area contributed by atoms with E-state index < -0.39 is 0 Å². The van der Waals surface area contributed by atoms with Gasteiger partial charge in [0.15, 0.2) is 0 Å². The maximum absolute atomic E-state index is 6.40. The summed E-state index contributed by atoms with van der Waals surface area (Å²) in [6, 6.07) is 14.7. The van der Waals surface area contributed by atoms with E-state index >= 15 is 0 Å². The van der Waals surface area contributed by atoms with Gasteiger partial charge >= 0.3 is 0 Å². The maximum atomic E-state index is 6.40. The smallest absolute Gasteiger partial charge is 0.0462 e. The number of rotatable bonds is 6. The topological polar surface area (TPSA) is 12.0 Å². The van der Waals surface area contributed by atoms with Gasteiger partial charge in [0.25, 0.3) is 0 Å². The Balaban J connectivity index is 2.03. The normalized spacial score (nSPS) is 11.1. The van der Waals surface area contributed by atoms with Crippen LogP contribution < -0.4 is 5.32 Å². The maximum Gasteiger partial charge on any atom is 0.0462 e. The van der Waals surface area contributed by atoms with Crippen LogP contribution in [0.15, 0.2) is 52.3 Å². The van der Waals surface area contributed by atoms with Crippen molar-refractivity contribution in [2.45, 2.75) is 37.1 Å². The first kappa shape index (κ1) is 16.4. The Morgan fingerprint density at radius 2 is 1.90 bits per heavy atom. The van der Waals surface area contributed by atoms with Crippen LogP contribution in [0.3, 0.4) is 0 Å². The minimum atomic E-state index is 0.652. The van der Waals surface area contributed by atoms with Gasteiger partial charge in [-0.05, 0) is 48.7 Å². The van der Waals surface area contributed by atoms with Crippen molar-refractivity contribution in [1.82, 2.24) is 5.32 Å². The van der Waals surface area contributed by atoms with Crippen molar-refractivity contribution in [3.05, 3.63) is 58.6 Å². The van der Waals surface area contributed by atoms with Crippen LogP contribution in [0.1, 0.15) is 25.0 Å². The summed E-state index contributed by atoms with van der Waals surface area (Å²) in [7, 11) is 0. The fourth-order valence-electron chi connectivity index (χ4n) is 2.03. The Labute approximate surface area is 137 Å². The molecule has 0 amide bonds. The lowest BCUT2D eigenvalue weighted by Crippen LogP contribution is -2.19. The number of hydrogen-bond acceptors (Lipinski definition) is 2. The average Bonchev–Trinajstić information content (AvgIpc) is 2.43. The largest absolute Gasteiger partial charge is 0.312 e. The quantitative estimate of drug-likeness (QED) is 0.749. The van der Waals surface area contributed by atoms with Crippen molar-refractivity contribution >= 4 is 23.4 Å². The molecular formula is C18H22ClNS. The Kier molecular flexibility index (Phi) is 6.16. The van der Waals surface area contributed by atoms with Crippen molar-refractivity contribution in [2.24, 2.45) is 5.92 Å². The van der Waals surface area contributed by atoms with E-state index in [2.05, 4.69) is 68.6 Å². The van der Waals surface area contributed by atoms with Gasteiger partial charge in [-0.1, -0.05) is 61.5 Å². The fourth-order valence-corrected chi connectivity index (χ4v) is 3.28. The van der Waals surface area contributed by atoms with E-state index in [1.165, 1.54) is 15.4 Å². The summed E-state index contributed by atoms with van der Waals surface area (Å²) in [4.78, 5) is 2.46. The SMILES string of the molecule is Cc1ccccc1Sc1ccc(CNCC(C)C)c(Cl)c1. The third kappa shape index (κ3) is 5.06. The van der Waals surface area contributed by atoms with E-state index in [1.807, 2.05) is 0 Å². The van der Waals surface area contributed by atoms with E-state index in [-0.39, 0.29) is 0 Å². The van der Waals surface area contributed by atoms with E-state index in [4.69, 9.17) is 11.6 Å². The molecule has 0 spiro atoms. The first-order valence-electron chi connectivity index (χ1n) is 7.29. The highest BCUT2D eigenvalue weighted by Gasteiger charge is 2.05. The molecule has 0 aliphatic rings. The third-order valence-electron chi connectivity index (χ3n) is 3.21. The summed E-state index contributed by atoms with van der Waals surface area (Å²) in [5.74, 6) is 0.652. The van der Waals surface area contributed by atoms with Crippen molar-refractivity contribution in [2.75, 3.05) is 6.54 Å². The van der Waals surface area contributed by atoms with Gasteiger partial charge in [-0.15, -0.1) is 0 Å². The van der Waals surface area contributed by atoms with E-state index in [9.17, 15) is 0 Å². The highest BCUT2D eigenvalue weighted by molar-refractivity contribution is 7.99. The Bertz CT molecular complexity index is 596. The average molecular weight is 320 g/mol. The van der Waals surface area contributed by atoms with Gasteiger partial charge in [-0.25, -0.2) is 0 Å². The zero-order chi connectivity index (χ0) is 15.2. The minimum Gasteiger partial charge on any atom is -0.312 e. The van der Waals surface area contributed by atoms with Crippen molar-refractivity contribution < 1.29 is 0 Å². The molecule has 1 N–H and O–H groups in total. The fraction of sp³-hybridized carbons (Fsp3) is 0.333. The highest BCUT2D eigenvalue weighted by atomic mass is 35.5. The Morgan fingerprint density at radius 3 is 2.57 bits per heavy atom. The molecule has 0 bridgehead atoms. The van der Waals surface area contributed by atoms with Crippen molar-refractivity contribution in [3.63, 3.8) is 0 Å². The molecule has 0 aliphatic carbocycles. The van der Waals surface area contributed by atoms with Crippen molar-refractivity contribution in [3.8, 4) is 0 Å². The zero-order valence-corrected chi connectivity index (χ0v) is 14.4. The first-order valence-corrected chi connectivity index (χ1v) is 8.48. The summed E-state index contributed by atoms with van der Waals surface area (Å²) in [5, 5.41) is 4.27. The third-order valence-corrected chi connectivity index (χ3v) is 4.73. The van der Waals surface area contributed by atoms with Gasteiger partial charge in [-0.2, -0.15) is 0 Å². The van der Waals surface area contributed by atoms with Crippen LogP contribution in [-0.2, 0) is 6.54 Å². The number of aryl methyl sites for hydroxylation is 1. The molecule has 0 aliphatic heterocycles. The molecule has 1 nitrogen and oxygen atoms in total. The van der Waals surface area contributed by atoms with Crippen LogP contribution >= 0.6 is 23.4 Å². The molecule has 0 atom stereocenters. The molecule has 0 fully saturated rings.